The van der Waals surface area contributed by atoms with Crippen molar-refractivity contribution in [2.45, 2.75) is 13.1 Å². The smallest absolute Gasteiger partial charge is 0.258 e. The fourth-order valence-corrected chi connectivity index (χ4v) is 2.28. The number of aromatic nitrogens is 3. The molecule has 102 valence electrons. The average Bonchev–Trinajstić information content (AvgIpc) is 2.87. The van der Waals surface area contributed by atoms with Gasteiger partial charge in [0.1, 0.15) is 5.82 Å². The number of hydrogen-bond acceptors (Lipinski definition) is 3. The van der Waals surface area contributed by atoms with Crippen molar-refractivity contribution in [1.29, 1.82) is 0 Å². The van der Waals surface area contributed by atoms with Gasteiger partial charge in [0.05, 0.1) is 17.4 Å². The Kier molecular flexibility index (Phi) is 3.35. The highest BCUT2D eigenvalue weighted by Gasteiger charge is 2.04. The Balaban J connectivity index is 1.92. The molecule has 1 aromatic carbocycles. The van der Waals surface area contributed by atoms with E-state index < -0.39 is 0 Å². The summed E-state index contributed by atoms with van der Waals surface area (Å²) in [6.45, 7) is 1.39. The fraction of sp³-hybridized carbons (Fsp3) is 0.200. The molecule has 0 fully saturated rings. The predicted molar refractivity (Wildman–Crippen MR) is 78.7 cm³/mol. The van der Waals surface area contributed by atoms with Crippen LogP contribution in [0.3, 0.4) is 0 Å². The minimum absolute atomic E-state index is 0.0896. The van der Waals surface area contributed by atoms with Crippen molar-refractivity contribution < 1.29 is 0 Å². The summed E-state index contributed by atoms with van der Waals surface area (Å²) in [6.07, 6.45) is 4.04. The Morgan fingerprint density at radius 3 is 3.00 bits per heavy atom. The Bertz CT molecular complexity index is 788. The molecule has 20 heavy (non-hydrogen) atoms. The Morgan fingerprint density at radius 1 is 1.30 bits per heavy atom. The lowest BCUT2D eigenvalue weighted by Gasteiger charge is -2.04. The topological polar surface area (TPSA) is 62.7 Å². The first-order valence-corrected chi connectivity index (χ1v) is 6.53. The van der Waals surface area contributed by atoms with Crippen molar-refractivity contribution in [3.8, 4) is 0 Å². The van der Waals surface area contributed by atoms with Gasteiger partial charge in [0.2, 0.25) is 0 Å². The summed E-state index contributed by atoms with van der Waals surface area (Å²) in [4.78, 5) is 19.3. The van der Waals surface area contributed by atoms with Gasteiger partial charge >= 0.3 is 0 Å². The Hall–Kier alpha value is -2.40. The lowest BCUT2D eigenvalue weighted by molar-refractivity contribution is 0.742. The predicted octanol–water partition coefficient (Wildman–Crippen LogP) is 1.49. The van der Waals surface area contributed by atoms with E-state index in [1.54, 1.807) is 6.07 Å². The molecule has 0 radical (unpaired) electrons. The van der Waals surface area contributed by atoms with E-state index in [9.17, 15) is 4.79 Å². The molecule has 0 atom stereocenters. The van der Waals surface area contributed by atoms with Crippen molar-refractivity contribution in [1.82, 2.24) is 19.9 Å². The standard InChI is InChI=1S/C15H16N4O/c1-16-8-11-6-7-19(9-11)10-14-17-13-5-3-2-4-12(13)15(20)18-14/h2-7,9,16H,8,10H2,1H3,(H,17,18,20). The molecule has 0 saturated carbocycles. The number of para-hydroxylation sites is 1. The first kappa shape index (κ1) is 12.6. The van der Waals surface area contributed by atoms with Gasteiger partial charge in [-0.15, -0.1) is 0 Å². The SMILES string of the molecule is CNCc1ccn(Cc2nc3ccccc3c(=O)[nH]2)c1. The normalized spacial score (nSPS) is 11.1. The van der Waals surface area contributed by atoms with E-state index in [2.05, 4.69) is 21.4 Å². The second-order valence-electron chi connectivity index (χ2n) is 4.75. The molecule has 0 aliphatic carbocycles. The largest absolute Gasteiger partial charge is 0.346 e. The summed E-state index contributed by atoms with van der Waals surface area (Å²) in [7, 11) is 1.92. The van der Waals surface area contributed by atoms with E-state index >= 15 is 0 Å². The summed E-state index contributed by atoms with van der Waals surface area (Å²) < 4.78 is 2.01. The first-order valence-electron chi connectivity index (χ1n) is 6.53. The molecule has 2 heterocycles. The highest BCUT2D eigenvalue weighted by molar-refractivity contribution is 5.77. The minimum atomic E-state index is -0.0896. The van der Waals surface area contributed by atoms with Crippen molar-refractivity contribution in [3.63, 3.8) is 0 Å². The summed E-state index contributed by atoms with van der Waals surface area (Å²) in [5.74, 6) is 0.667. The Labute approximate surface area is 116 Å². The third-order valence-electron chi connectivity index (χ3n) is 3.19. The highest BCUT2D eigenvalue weighted by atomic mass is 16.1. The van der Waals surface area contributed by atoms with Gasteiger partial charge in [-0.25, -0.2) is 4.98 Å². The van der Waals surface area contributed by atoms with Crippen molar-refractivity contribution in [2.75, 3.05) is 7.05 Å². The Morgan fingerprint density at radius 2 is 2.15 bits per heavy atom. The second kappa shape index (κ2) is 5.30. The number of rotatable bonds is 4. The zero-order valence-corrected chi connectivity index (χ0v) is 11.3. The number of fused-ring (bicyclic) bond motifs is 1. The van der Waals surface area contributed by atoms with Gasteiger partial charge in [-0.05, 0) is 30.8 Å². The third kappa shape index (κ3) is 2.48. The molecule has 0 amide bonds. The van der Waals surface area contributed by atoms with E-state index in [0.717, 1.165) is 12.1 Å². The van der Waals surface area contributed by atoms with E-state index in [0.29, 0.717) is 17.8 Å². The molecular formula is C15H16N4O. The fourth-order valence-electron chi connectivity index (χ4n) is 2.28. The molecule has 0 aliphatic rings. The van der Waals surface area contributed by atoms with Gasteiger partial charge in [0.15, 0.2) is 0 Å². The molecule has 0 unspecified atom stereocenters. The molecule has 3 rings (SSSR count). The van der Waals surface area contributed by atoms with Gasteiger partial charge in [0, 0.05) is 18.9 Å². The molecule has 3 aromatic rings. The van der Waals surface area contributed by atoms with E-state index in [1.807, 2.05) is 42.2 Å². The van der Waals surface area contributed by atoms with Gasteiger partial charge in [0.25, 0.3) is 5.56 Å². The van der Waals surface area contributed by atoms with Crippen LogP contribution in [0.15, 0.2) is 47.5 Å². The van der Waals surface area contributed by atoms with E-state index in [-0.39, 0.29) is 5.56 Å². The number of aromatic amines is 1. The molecule has 2 N–H and O–H groups in total. The number of nitrogens with one attached hydrogen (secondary N) is 2. The molecule has 5 heteroatoms. The molecule has 5 nitrogen and oxygen atoms in total. The van der Waals surface area contributed by atoms with Gasteiger partial charge in [-0.3, -0.25) is 4.79 Å². The monoisotopic (exact) mass is 268 g/mol. The number of H-pyrrole nitrogens is 1. The quantitative estimate of drug-likeness (QED) is 0.753. The van der Waals surface area contributed by atoms with Gasteiger partial charge < -0.3 is 14.9 Å². The summed E-state index contributed by atoms with van der Waals surface area (Å²) in [6, 6.07) is 9.42. The summed E-state index contributed by atoms with van der Waals surface area (Å²) >= 11 is 0. The highest BCUT2D eigenvalue weighted by Crippen LogP contribution is 2.07. The number of hydrogen-bond donors (Lipinski definition) is 2. The zero-order chi connectivity index (χ0) is 13.9. The van der Waals surface area contributed by atoms with Crippen LogP contribution in [0.4, 0.5) is 0 Å². The average molecular weight is 268 g/mol. The van der Waals surface area contributed by atoms with Crippen LogP contribution in [0.25, 0.3) is 10.9 Å². The molecule has 0 spiro atoms. The van der Waals surface area contributed by atoms with Gasteiger partial charge in [-0.2, -0.15) is 0 Å². The summed E-state index contributed by atoms with van der Waals surface area (Å²) in [5, 5.41) is 3.73. The maximum Gasteiger partial charge on any atom is 0.258 e. The van der Waals surface area contributed by atoms with Crippen LogP contribution < -0.4 is 10.9 Å². The van der Waals surface area contributed by atoms with Crippen LogP contribution in [0.2, 0.25) is 0 Å². The van der Waals surface area contributed by atoms with Crippen molar-refractivity contribution >= 4 is 10.9 Å². The van der Waals surface area contributed by atoms with Crippen molar-refractivity contribution in [2.24, 2.45) is 0 Å². The van der Waals surface area contributed by atoms with Crippen LogP contribution in [0.1, 0.15) is 11.4 Å². The maximum atomic E-state index is 12.0. The number of nitrogens with zero attached hydrogens (tertiary/aromatic N) is 2. The number of benzene rings is 1. The van der Waals surface area contributed by atoms with Gasteiger partial charge in [-0.1, -0.05) is 12.1 Å². The van der Waals surface area contributed by atoms with Crippen LogP contribution in [-0.4, -0.2) is 21.6 Å². The minimum Gasteiger partial charge on any atom is -0.346 e. The first-order chi connectivity index (χ1) is 9.76. The van der Waals surface area contributed by atoms with Crippen LogP contribution in [-0.2, 0) is 13.1 Å². The molecule has 0 aliphatic heterocycles. The van der Waals surface area contributed by atoms with E-state index in [1.165, 1.54) is 5.56 Å². The summed E-state index contributed by atoms with van der Waals surface area (Å²) in [5.41, 5.74) is 1.85. The molecule has 2 aromatic heterocycles. The molecular weight excluding hydrogens is 252 g/mol. The molecule has 0 bridgehead atoms. The van der Waals surface area contributed by atoms with Crippen LogP contribution in [0, 0.1) is 0 Å². The van der Waals surface area contributed by atoms with Crippen molar-refractivity contribution in [3.05, 3.63) is 64.5 Å². The second-order valence-corrected chi connectivity index (χ2v) is 4.75. The molecule has 0 saturated heterocycles. The third-order valence-corrected chi connectivity index (χ3v) is 3.19. The lowest BCUT2D eigenvalue weighted by atomic mass is 10.2. The lowest BCUT2D eigenvalue weighted by Crippen LogP contribution is -2.13. The van der Waals surface area contributed by atoms with E-state index in [4.69, 9.17) is 0 Å². The van der Waals surface area contributed by atoms with Crippen LogP contribution in [0.5, 0.6) is 0 Å². The van der Waals surface area contributed by atoms with Crippen LogP contribution >= 0.6 is 0 Å². The zero-order valence-electron chi connectivity index (χ0n) is 11.3. The maximum absolute atomic E-state index is 12.0.